The summed E-state index contributed by atoms with van der Waals surface area (Å²) < 4.78 is 0. The molecule has 0 saturated carbocycles. The van der Waals surface area contributed by atoms with Gasteiger partial charge in [0.1, 0.15) is 5.78 Å². The van der Waals surface area contributed by atoms with Crippen LogP contribution in [-0.2, 0) is 4.79 Å². The molecule has 0 aromatic carbocycles. The van der Waals surface area contributed by atoms with E-state index in [1.165, 1.54) is 6.04 Å². The van der Waals surface area contributed by atoms with Crippen molar-refractivity contribution >= 4 is 20.1 Å². The van der Waals surface area contributed by atoms with Crippen LogP contribution >= 0.6 is 0 Å². The highest BCUT2D eigenvalue weighted by molar-refractivity contribution is 6.76. The summed E-state index contributed by atoms with van der Waals surface area (Å²) in [6.07, 6.45) is 2.70. The van der Waals surface area contributed by atoms with E-state index in [9.17, 15) is 4.79 Å². The van der Waals surface area contributed by atoms with Crippen molar-refractivity contribution in [2.24, 2.45) is 10.9 Å². The highest BCUT2D eigenvalue weighted by Crippen LogP contribution is 2.08. The fraction of sp³-hybridized carbons (Fsp3) is 0.818. The van der Waals surface area contributed by atoms with E-state index in [-0.39, 0.29) is 11.7 Å². The Labute approximate surface area is 88.8 Å². The molecule has 0 aliphatic carbocycles. The molecule has 3 heteroatoms. The van der Waals surface area contributed by atoms with E-state index in [1.807, 2.05) is 13.1 Å². The van der Waals surface area contributed by atoms with Gasteiger partial charge in [-0.25, -0.2) is 0 Å². The molecule has 0 radical (unpaired) electrons. The first-order valence-corrected chi connectivity index (χ1v) is 9.08. The fourth-order valence-corrected chi connectivity index (χ4v) is 1.90. The van der Waals surface area contributed by atoms with E-state index >= 15 is 0 Å². The fourth-order valence-electron chi connectivity index (χ4n) is 1.10. The molecule has 0 amide bonds. The van der Waals surface area contributed by atoms with Crippen LogP contribution in [0.5, 0.6) is 0 Å². The van der Waals surface area contributed by atoms with Crippen molar-refractivity contribution < 1.29 is 4.79 Å². The van der Waals surface area contributed by atoms with E-state index in [2.05, 4.69) is 24.6 Å². The average molecular weight is 213 g/mol. The maximum atomic E-state index is 11.1. The Morgan fingerprint density at radius 2 is 2.00 bits per heavy atom. The third-order valence-electron chi connectivity index (χ3n) is 2.24. The number of nitrogens with zero attached hydrogens (tertiary/aromatic N) is 1. The summed E-state index contributed by atoms with van der Waals surface area (Å²) in [4.78, 5) is 15.4. The minimum Gasteiger partial charge on any atom is -0.299 e. The molecule has 1 atom stereocenters. The van der Waals surface area contributed by atoms with Crippen molar-refractivity contribution in [2.45, 2.75) is 46.0 Å². The first-order valence-electron chi connectivity index (χ1n) is 5.37. The smallest absolute Gasteiger partial charge is 0.138 e. The van der Waals surface area contributed by atoms with Gasteiger partial charge < -0.3 is 0 Å². The molecule has 0 bridgehead atoms. The lowest BCUT2D eigenvalue weighted by molar-refractivity contribution is -0.118. The summed E-state index contributed by atoms with van der Waals surface area (Å²) in [5, 5.41) is 0. The second-order valence-corrected chi connectivity index (χ2v) is 10.6. The number of rotatable bonds is 6. The molecule has 14 heavy (non-hydrogen) atoms. The number of Topliss-reactive ketones (excluding diaryl/α,β-unsaturated/α-hetero) is 1. The molecule has 0 rings (SSSR count). The van der Waals surface area contributed by atoms with Crippen molar-refractivity contribution in [1.29, 1.82) is 0 Å². The minimum absolute atomic E-state index is 0.0386. The molecule has 0 aliphatic rings. The van der Waals surface area contributed by atoms with E-state index in [0.29, 0.717) is 0 Å². The quantitative estimate of drug-likeness (QED) is 0.492. The molecule has 82 valence electrons. The van der Waals surface area contributed by atoms with Crippen LogP contribution in [0.2, 0.25) is 25.7 Å². The van der Waals surface area contributed by atoms with Gasteiger partial charge in [0.05, 0.1) is 5.92 Å². The van der Waals surface area contributed by atoms with E-state index in [4.69, 9.17) is 0 Å². The molecule has 0 aromatic rings. The number of carbonyl (C=O) groups is 1. The first-order chi connectivity index (χ1) is 6.37. The van der Waals surface area contributed by atoms with Gasteiger partial charge in [-0.05, 0) is 19.4 Å². The number of carbonyl (C=O) groups excluding carboxylic acids is 1. The van der Waals surface area contributed by atoms with Crippen molar-refractivity contribution in [3.63, 3.8) is 0 Å². The van der Waals surface area contributed by atoms with Gasteiger partial charge in [-0.3, -0.25) is 9.79 Å². The second-order valence-electron chi connectivity index (χ2n) is 4.99. The summed E-state index contributed by atoms with van der Waals surface area (Å²) in [5.41, 5.74) is 0. The van der Waals surface area contributed by atoms with Crippen molar-refractivity contribution in [2.75, 3.05) is 6.54 Å². The van der Waals surface area contributed by atoms with Gasteiger partial charge in [-0.15, -0.1) is 0 Å². The van der Waals surface area contributed by atoms with Gasteiger partial charge in [0.2, 0.25) is 0 Å². The molecule has 2 nitrogen and oxygen atoms in total. The zero-order valence-corrected chi connectivity index (χ0v) is 11.1. The van der Waals surface area contributed by atoms with E-state index in [1.54, 1.807) is 6.92 Å². The summed E-state index contributed by atoms with van der Waals surface area (Å²) in [6.45, 7) is 11.6. The van der Waals surface area contributed by atoms with Crippen LogP contribution in [0.1, 0.15) is 20.3 Å². The SMILES string of the molecule is CCC(C=NCC[Si](C)(C)C)C(C)=O. The molecular formula is C11H23NOSi. The van der Waals surface area contributed by atoms with Gasteiger partial charge in [0.25, 0.3) is 0 Å². The summed E-state index contributed by atoms with van der Waals surface area (Å²) in [5.74, 6) is 0.265. The van der Waals surface area contributed by atoms with Crippen LogP contribution in [0.25, 0.3) is 0 Å². The third-order valence-corrected chi connectivity index (χ3v) is 3.96. The van der Waals surface area contributed by atoms with Crippen LogP contribution < -0.4 is 0 Å². The third kappa shape index (κ3) is 7.01. The lowest BCUT2D eigenvalue weighted by atomic mass is 10.0. The topological polar surface area (TPSA) is 29.4 Å². The Balaban J connectivity index is 3.87. The van der Waals surface area contributed by atoms with Gasteiger partial charge >= 0.3 is 0 Å². The zero-order valence-electron chi connectivity index (χ0n) is 10.1. The summed E-state index contributed by atoms with van der Waals surface area (Å²) in [7, 11) is -0.965. The Bertz CT molecular complexity index is 206. The van der Waals surface area contributed by atoms with Crippen molar-refractivity contribution in [3.8, 4) is 0 Å². The zero-order chi connectivity index (χ0) is 11.2. The standard InChI is InChI=1S/C11H23NOSi/c1-6-11(10(2)13)9-12-7-8-14(3,4)5/h9,11H,6-8H2,1-5H3. The van der Waals surface area contributed by atoms with Gasteiger partial charge in [0.15, 0.2) is 0 Å². The molecule has 0 N–H and O–H groups in total. The number of hydrogen-bond acceptors (Lipinski definition) is 2. The number of hydrogen-bond donors (Lipinski definition) is 0. The first kappa shape index (κ1) is 13.6. The largest absolute Gasteiger partial charge is 0.299 e. The number of aliphatic imine (C=N–C) groups is 1. The predicted octanol–water partition coefficient (Wildman–Crippen LogP) is 3.01. The molecule has 0 heterocycles. The Kier molecular flexibility index (Phi) is 5.92. The minimum atomic E-state index is -0.965. The summed E-state index contributed by atoms with van der Waals surface area (Å²) in [6, 6.07) is 1.21. The predicted molar refractivity (Wildman–Crippen MR) is 66.0 cm³/mol. The maximum Gasteiger partial charge on any atom is 0.138 e. The average Bonchev–Trinajstić information content (AvgIpc) is 2.01. The maximum absolute atomic E-state index is 11.1. The second kappa shape index (κ2) is 6.12. The molecule has 0 saturated heterocycles. The molecular weight excluding hydrogens is 190 g/mol. The lowest BCUT2D eigenvalue weighted by Gasteiger charge is -2.13. The molecule has 0 fully saturated rings. The van der Waals surface area contributed by atoms with E-state index in [0.717, 1.165) is 13.0 Å². The Morgan fingerprint density at radius 1 is 1.43 bits per heavy atom. The van der Waals surface area contributed by atoms with E-state index < -0.39 is 8.07 Å². The van der Waals surface area contributed by atoms with Crippen molar-refractivity contribution in [1.82, 2.24) is 0 Å². The van der Waals surface area contributed by atoms with Gasteiger partial charge in [-0.2, -0.15) is 0 Å². The van der Waals surface area contributed by atoms with Crippen LogP contribution in [0.15, 0.2) is 4.99 Å². The highest BCUT2D eigenvalue weighted by atomic mass is 28.3. The molecule has 0 spiro atoms. The lowest BCUT2D eigenvalue weighted by Crippen LogP contribution is -2.20. The van der Waals surface area contributed by atoms with Crippen LogP contribution in [0.4, 0.5) is 0 Å². The van der Waals surface area contributed by atoms with Crippen LogP contribution in [0, 0.1) is 5.92 Å². The van der Waals surface area contributed by atoms with Gasteiger partial charge in [0, 0.05) is 20.8 Å². The van der Waals surface area contributed by atoms with Crippen molar-refractivity contribution in [3.05, 3.63) is 0 Å². The molecule has 0 aliphatic heterocycles. The molecule has 0 aromatic heterocycles. The summed E-state index contributed by atoms with van der Waals surface area (Å²) >= 11 is 0. The van der Waals surface area contributed by atoms with Crippen LogP contribution in [-0.4, -0.2) is 26.6 Å². The van der Waals surface area contributed by atoms with Crippen LogP contribution in [0.3, 0.4) is 0 Å². The highest BCUT2D eigenvalue weighted by Gasteiger charge is 2.12. The molecule has 1 unspecified atom stereocenters. The van der Waals surface area contributed by atoms with Gasteiger partial charge in [-0.1, -0.05) is 26.6 Å². The Morgan fingerprint density at radius 3 is 2.36 bits per heavy atom. The number of ketones is 1. The monoisotopic (exact) mass is 213 g/mol. The normalized spacial score (nSPS) is 14.6. The Hall–Kier alpha value is -0.443.